The molecular formula is C33H28N4O5S. The number of aryl methyl sites for hydroxylation is 3. The number of ether oxygens (including phenoxy) is 1. The van der Waals surface area contributed by atoms with Gasteiger partial charge >= 0.3 is 5.91 Å². The van der Waals surface area contributed by atoms with Crippen molar-refractivity contribution < 1.29 is 24.2 Å². The fraction of sp³-hybridized carbons (Fsp3) is 0.182. The van der Waals surface area contributed by atoms with E-state index in [1.54, 1.807) is 38.1 Å². The number of ketones is 2. The second kappa shape index (κ2) is 11.0. The zero-order chi connectivity index (χ0) is 30.4. The second-order valence-electron chi connectivity index (χ2n) is 10.4. The number of aliphatic hydroxyl groups excluding tert-OH is 1. The van der Waals surface area contributed by atoms with Crippen molar-refractivity contribution in [1.82, 2.24) is 14.4 Å². The smallest absolute Gasteiger partial charge is 0.301 e. The first kappa shape index (κ1) is 28.0. The molecule has 43 heavy (non-hydrogen) atoms. The van der Waals surface area contributed by atoms with Gasteiger partial charge in [-0.3, -0.25) is 19.3 Å². The Balaban J connectivity index is 1.47. The Hall–Kier alpha value is -5.09. The molecule has 6 rings (SSSR count). The number of rotatable bonds is 7. The highest BCUT2D eigenvalue weighted by molar-refractivity contribution is 7.18. The van der Waals surface area contributed by atoms with Crippen LogP contribution in [0.15, 0.2) is 78.5 Å². The Kier molecular flexibility index (Phi) is 7.15. The van der Waals surface area contributed by atoms with Gasteiger partial charge in [0.25, 0.3) is 5.78 Å². The molecule has 0 spiro atoms. The number of Topliss-reactive ketones (excluding diaryl/α,β-unsaturated/α-hetero) is 2. The van der Waals surface area contributed by atoms with Gasteiger partial charge in [0.15, 0.2) is 16.7 Å². The molecule has 1 fully saturated rings. The number of nitrogens with zero attached hydrogens (tertiary/aromatic N) is 4. The topological polar surface area (TPSA) is 114 Å². The molecule has 5 aromatic rings. The lowest BCUT2D eigenvalue weighted by Gasteiger charge is -2.23. The van der Waals surface area contributed by atoms with Crippen LogP contribution in [0.5, 0.6) is 5.75 Å². The summed E-state index contributed by atoms with van der Waals surface area (Å²) in [6.07, 6.45) is 1.83. The molecule has 0 aliphatic carbocycles. The van der Waals surface area contributed by atoms with E-state index in [-0.39, 0.29) is 27.9 Å². The molecule has 1 unspecified atom stereocenters. The van der Waals surface area contributed by atoms with Gasteiger partial charge in [-0.05, 0) is 55.7 Å². The molecule has 1 N–H and O–H groups in total. The molecule has 1 aliphatic heterocycles. The highest BCUT2D eigenvalue weighted by Gasteiger charge is 2.48. The van der Waals surface area contributed by atoms with E-state index in [9.17, 15) is 19.5 Å². The molecule has 1 aliphatic rings. The van der Waals surface area contributed by atoms with Crippen LogP contribution in [-0.2, 0) is 16.2 Å². The predicted molar refractivity (Wildman–Crippen MR) is 164 cm³/mol. The monoisotopic (exact) mass is 592 g/mol. The maximum Gasteiger partial charge on any atom is 0.301 e. The van der Waals surface area contributed by atoms with Gasteiger partial charge in [0.1, 0.15) is 23.7 Å². The van der Waals surface area contributed by atoms with Gasteiger partial charge in [0.2, 0.25) is 0 Å². The molecule has 1 amide bonds. The third-order valence-electron chi connectivity index (χ3n) is 7.51. The van der Waals surface area contributed by atoms with Crippen LogP contribution < -0.4 is 9.64 Å². The Labute approximate surface area is 251 Å². The first-order chi connectivity index (χ1) is 20.7. The molecule has 0 radical (unpaired) electrons. The lowest BCUT2D eigenvalue weighted by Crippen LogP contribution is -2.29. The van der Waals surface area contributed by atoms with E-state index in [0.29, 0.717) is 39.8 Å². The van der Waals surface area contributed by atoms with Crippen molar-refractivity contribution in [3.63, 3.8) is 0 Å². The fourth-order valence-electron chi connectivity index (χ4n) is 5.32. The molecule has 4 heterocycles. The number of amides is 1. The van der Waals surface area contributed by atoms with Crippen LogP contribution in [0, 0.1) is 20.8 Å². The molecule has 216 valence electrons. The molecule has 10 heteroatoms. The van der Waals surface area contributed by atoms with E-state index in [0.717, 1.165) is 22.5 Å². The van der Waals surface area contributed by atoms with E-state index in [1.165, 1.54) is 11.8 Å². The Bertz CT molecular complexity index is 1940. The van der Waals surface area contributed by atoms with E-state index in [4.69, 9.17) is 4.74 Å². The molecule has 0 bridgehead atoms. The highest BCUT2D eigenvalue weighted by Crippen LogP contribution is 2.44. The number of hydrogen-bond acceptors (Lipinski definition) is 8. The second-order valence-corrected chi connectivity index (χ2v) is 11.4. The standard InChI is InChI=1S/C33H28N4O5S/c1-18-9-8-16-36-20(3)26(35-31(18)36)28(39)25-27(23-12-14-24(15-13-23)42-17-22-10-6-5-7-11-22)37(32(41)29(25)40)33-34-19(2)30(43-33)21(4)38/h5-16,27,39H,17H2,1-4H3. The van der Waals surface area contributed by atoms with Crippen molar-refractivity contribution in [3.8, 4) is 5.75 Å². The summed E-state index contributed by atoms with van der Waals surface area (Å²) < 4.78 is 7.77. The van der Waals surface area contributed by atoms with Gasteiger partial charge < -0.3 is 14.2 Å². The summed E-state index contributed by atoms with van der Waals surface area (Å²) in [5.41, 5.74) is 4.28. The number of thiazole rings is 1. The molecule has 2 aromatic carbocycles. The largest absolute Gasteiger partial charge is 0.505 e. The summed E-state index contributed by atoms with van der Waals surface area (Å²) in [5.74, 6) is -1.68. The van der Waals surface area contributed by atoms with Crippen LogP contribution in [-0.4, -0.2) is 36.9 Å². The summed E-state index contributed by atoms with van der Waals surface area (Å²) in [6.45, 7) is 7.18. The van der Waals surface area contributed by atoms with E-state index < -0.39 is 17.7 Å². The SMILES string of the molecule is CC(=O)c1sc(N2C(=O)C(=O)C(=C(O)c3nc4c(C)cccn4c3C)C2c2ccc(OCc3ccccc3)cc2)nc1C. The van der Waals surface area contributed by atoms with Crippen molar-refractivity contribution in [2.45, 2.75) is 40.3 Å². The number of hydrogen-bond donors (Lipinski definition) is 1. The first-order valence-electron chi connectivity index (χ1n) is 13.7. The maximum atomic E-state index is 13.7. The number of aromatic nitrogens is 3. The lowest BCUT2D eigenvalue weighted by atomic mass is 9.96. The molecular weight excluding hydrogens is 564 g/mol. The van der Waals surface area contributed by atoms with Gasteiger partial charge in [-0.1, -0.05) is 59.9 Å². The summed E-state index contributed by atoms with van der Waals surface area (Å²) in [7, 11) is 0. The number of carbonyl (C=O) groups is 3. The Morgan fingerprint density at radius 2 is 1.70 bits per heavy atom. The third kappa shape index (κ3) is 4.89. The molecule has 3 aromatic heterocycles. The van der Waals surface area contributed by atoms with Crippen molar-refractivity contribution in [2.24, 2.45) is 0 Å². The number of pyridine rings is 1. The fourth-order valence-corrected chi connectivity index (χ4v) is 6.31. The van der Waals surface area contributed by atoms with E-state index in [2.05, 4.69) is 9.97 Å². The third-order valence-corrected chi connectivity index (χ3v) is 8.77. The quantitative estimate of drug-likeness (QED) is 0.105. The summed E-state index contributed by atoms with van der Waals surface area (Å²) >= 11 is 1.04. The zero-order valence-electron chi connectivity index (χ0n) is 24.0. The number of aliphatic hydroxyl groups is 1. The van der Waals surface area contributed by atoms with Crippen LogP contribution in [0.25, 0.3) is 11.4 Å². The van der Waals surface area contributed by atoms with E-state index in [1.807, 2.05) is 60.0 Å². The summed E-state index contributed by atoms with van der Waals surface area (Å²) in [6, 6.07) is 19.5. The number of anilines is 1. The summed E-state index contributed by atoms with van der Waals surface area (Å²) in [5, 5.41) is 11.9. The zero-order valence-corrected chi connectivity index (χ0v) is 24.8. The molecule has 1 atom stereocenters. The maximum absolute atomic E-state index is 13.7. The first-order valence-corrected chi connectivity index (χ1v) is 14.5. The van der Waals surface area contributed by atoms with Crippen molar-refractivity contribution in [1.29, 1.82) is 0 Å². The Morgan fingerprint density at radius 3 is 2.35 bits per heavy atom. The van der Waals surface area contributed by atoms with Crippen molar-refractivity contribution >= 4 is 45.3 Å². The average Bonchev–Trinajstić information content (AvgIpc) is 3.64. The molecule has 1 saturated heterocycles. The van der Waals surface area contributed by atoms with Crippen LogP contribution in [0.1, 0.15) is 56.4 Å². The lowest BCUT2D eigenvalue weighted by molar-refractivity contribution is -0.132. The van der Waals surface area contributed by atoms with Crippen LogP contribution in [0.4, 0.5) is 5.13 Å². The van der Waals surface area contributed by atoms with Crippen LogP contribution in [0.3, 0.4) is 0 Å². The van der Waals surface area contributed by atoms with Gasteiger partial charge in [-0.25, -0.2) is 9.97 Å². The van der Waals surface area contributed by atoms with Crippen molar-refractivity contribution in [3.05, 3.63) is 117 Å². The number of imidazole rings is 1. The minimum atomic E-state index is -1.01. The minimum Gasteiger partial charge on any atom is -0.505 e. The Morgan fingerprint density at radius 1 is 0.977 bits per heavy atom. The average molecular weight is 593 g/mol. The normalized spacial score (nSPS) is 16.3. The molecule has 0 saturated carbocycles. The number of carbonyl (C=O) groups excluding carboxylic acids is 3. The molecule has 9 nitrogen and oxygen atoms in total. The van der Waals surface area contributed by atoms with Crippen LogP contribution in [0.2, 0.25) is 0 Å². The summed E-state index contributed by atoms with van der Waals surface area (Å²) in [4.78, 5) is 50.3. The predicted octanol–water partition coefficient (Wildman–Crippen LogP) is 6.12. The number of fused-ring (bicyclic) bond motifs is 1. The van der Waals surface area contributed by atoms with Gasteiger partial charge in [0, 0.05) is 13.1 Å². The minimum absolute atomic E-state index is 0.107. The van der Waals surface area contributed by atoms with Gasteiger partial charge in [-0.2, -0.15) is 0 Å². The van der Waals surface area contributed by atoms with Gasteiger partial charge in [0.05, 0.1) is 27.9 Å². The van der Waals surface area contributed by atoms with E-state index >= 15 is 0 Å². The highest BCUT2D eigenvalue weighted by atomic mass is 32.1. The van der Waals surface area contributed by atoms with Crippen LogP contribution >= 0.6 is 11.3 Å². The van der Waals surface area contributed by atoms with Crippen molar-refractivity contribution in [2.75, 3.05) is 4.90 Å². The van der Waals surface area contributed by atoms with Gasteiger partial charge in [-0.15, -0.1) is 0 Å². The number of benzene rings is 2.